The second kappa shape index (κ2) is 10.6. The van der Waals surface area contributed by atoms with Crippen molar-refractivity contribution >= 4 is 0 Å². The highest BCUT2D eigenvalue weighted by molar-refractivity contribution is 5.58. The normalized spacial score (nSPS) is 19.9. The summed E-state index contributed by atoms with van der Waals surface area (Å²) in [6, 6.07) is 13.0. The molecule has 0 spiro atoms. The molecule has 1 aromatic heterocycles. The molecule has 0 N–H and O–H groups in total. The summed E-state index contributed by atoms with van der Waals surface area (Å²) in [6.45, 7) is 4.48. The smallest absolute Gasteiger partial charge is 0.0929 e. The monoisotopic (exact) mass is 364 g/mol. The summed E-state index contributed by atoms with van der Waals surface area (Å²) >= 11 is 0. The fourth-order valence-corrected chi connectivity index (χ4v) is 4.40. The highest BCUT2D eigenvalue weighted by Crippen LogP contribution is 2.34. The van der Waals surface area contributed by atoms with Gasteiger partial charge in [-0.3, -0.25) is 0 Å². The van der Waals surface area contributed by atoms with Crippen molar-refractivity contribution in [2.45, 2.75) is 84.5 Å². The predicted octanol–water partition coefficient (Wildman–Crippen LogP) is 7.03. The van der Waals surface area contributed by atoms with Crippen molar-refractivity contribution in [1.82, 2.24) is 10.2 Å². The van der Waals surface area contributed by atoms with Crippen molar-refractivity contribution in [3.05, 3.63) is 47.7 Å². The molecule has 0 saturated heterocycles. The Bertz CT molecular complexity index is 652. The van der Waals surface area contributed by atoms with Gasteiger partial charge in [0.2, 0.25) is 0 Å². The molecule has 0 radical (unpaired) electrons. The van der Waals surface area contributed by atoms with Gasteiger partial charge >= 0.3 is 0 Å². The van der Waals surface area contributed by atoms with Crippen LogP contribution in [0.5, 0.6) is 0 Å². The molecule has 1 aromatic carbocycles. The summed E-state index contributed by atoms with van der Waals surface area (Å²) in [7, 11) is 0. The molecule has 146 valence electrons. The lowest BCUT2D eigenvalue weighted by Gasteiger charge is -2.28. The Hall–Kier alpha value is -1.70. The zero-order valence-corrected chi connectivity index (χ0v) is 17.3. The Balaban J connectivity index is 1.42. The number of rotatable bonds is 9. The molecule has 2 aromatic rings. The molecule has 1 heterocycles. The fourth-order valence-electron chi connectivity index (χ4n) is 4.40. The van der Waals surface area contributed by atoms with Gasteiger partial charge in [-0.15, -0.1) is 0 Å². The van der Waals surface area contributed by atoms with Gasteiger partial charge < -0.3 is 0 Å². The molecular formula is C25H36N2. The van der Waals surface area contributed by atoms with E-state index >= 15 is 0 Å². The molecule has 0 unspecified atom stereocenters. The SMILES string of the molecule is CCCCCC1CCC(CCc2ccc(-c3ccc(CC)cc3)nn2)CC1. The topological polar surface area (TPSA) is 25.8 Å². The molecule has 2 heteroatoms. The third kappa shape index (κ3) is 6.16. The Morgan fingerprint density at radius 1 is 0.778 bits per heavy atom. The lowest BCUT2D eigenvalue weighted by Crippen LogP contribution is -2.15. The molecule has 1 aliphatic rings. The van der Waals surface area contributed by atoms with E-state index < -0.39 is 0 Å². The largest absolute Gasteiger partial charge is 0.155 e. The van der Waals surface area contributed by atoms with E-state index in [9.17, 15) is 0 Å². The summed E-state index contributed by atoms with van der Waals surface area (Å²) in [4.78, 5) is 0. The molecule has 1 fully saturated rings. The van der Waals surface area contributed by atoms with Gasteiger partial charge in [-0.1, -0.05) is 89.5 Å². The van der Waals surface area contributed by atoms with Gasteiger partial charge in [0, 0.05) is 5.56 Å². The second-order valence-corrected chi connectivity index (χ2v) is 8.38. The first-order valence-electron chi connectivity index (χ1n) is 11.2. The number of nitrogens with zero attached hydrogens (tertiary/aromatic N) is 2. The maximum Gasteiger partial charge on any atom is 0.0929 e. The van der Waals surface area contributed by atoms with Crippen LogP contribution in [-0.4, -0.2) is 10.2 Å². The van der Waals surface area contributed by atoms with Crippen LogP contribution in [0, 0.1) is 11.8 Å². The van der Waals surface area contributed by atoms with Crippen molar-refractivity contribution in [1.29, 1.82) is 0 Å². The summed E-state index contributed by atoms with van der Waals surface area (Å²) in [6.07, 6.45) is 14.8. The zero-order chi connectivity index (χ0) is 18.9. The van der Waals surface area contributed by atoms with E-state index in [2.05, 4.69) is 60.4 Å². The maximum atomic E-state index is 4.50. The van der Waals surface area contributed by atoms with Crippen LogP contribution in [0.25, 0.3) is 11.3 Å². The van der Waals surface area contributed by atoms with Gasteiger partial charge in [-0.05, 0) is 48.8 Å². The van der Waals surface area contributed by atoms with Crippen molar-refractivity contribution in [3.8, 4) is 11.3 Å². The van der Waals surface area contributed by atoms with Crippen LogP contribution in [0.4, 0.5) is 0 Å². The maximum absolute atomic E-state index is 4.50. The van der Waals surface area contributed by atoms with Crippen molar-refractivity contribution < 1.29 is 0 Å². The van der Waals surface area contributed by atoms with E-state index in [0.29, 0.717) is 0 Å². The molecule has 2 nitrogen and oxygen atoms in total. The van der Waals surface area contributed by atoms with Crippen LogP contribution in [0.1, 0.15) is 82.9 Å². The van der Waals surface area contributed by atoms with Crippen LogP contribution >= 0.6 is 0 Å². The highest BCUT2D eigenvalue weighted by atomic mass is 15.1. The van der Waals surface area contributed by atoms with E-state index in [-0.39, 0.29) is 0 Å². The first-order chi connectivity index (χ1) is 13.3. The van der Waals surface area contributed by atoms with Crippen LogP contribution in [0.15, 0.2) is 36.4 Å². The van der Waals surface area contributed by atoms with Crippen LogP contribution in [-0.2, 0) is 12.8 Å². The van der Waals surface area contributed by atoms with Gasteiger partial charge in [0.1, 0.15) is 0 Å². The Kier molecular flexibility index (Phi) is 7.86. The molecule has 3 rings (SSSR count). The molecule has 1 aliphatic carbocycles. The molecule has 0 aliphatic heterocycles. The highest BCUT2D eigenvalue weighted by Gasteiger charge is 2.20. The van der Waals surface area contributed by atoms with Crippen LogP contribution in [0.2, 0.25) is 0 Å². The van der Waals surface area contributed by atoms with Gasteiger partial charge in [-0.25, -0.2) is 0 Å². The molecule has 0 atom stereocenters. The summed E-state index contributed by atoms with van der Waals surface area (Å²) in [5.41, 5.74) is 4.65. The molecule has 1 saturated carbocycles. The van der Waals surface area contributed by atoms with Gasteiger partial charge in [0.25, 0.3) is 0 Å². The lowest BCUT2D eigenvalue weighted by atomic mass is 9.78. The van der Waals surface area contributed by atoms with Crippen molar-refractivity contribution in [3.63, 3.8) is 0 Å². The predicted molar refractivity (Wildman–Crippen MR) is 115 cm³/mol. The van der Waals surface area contributed by atoms with Crippen LogP contribution in [0.3, 0.4) is 0 Å². The molecule has 0 bridgehead atoms. The standard InChI is InChI=1S/C25H36N2/c1-3-5-6-7-21-8-10-22(11-9-21)14-17-24-18-19-25(27-26-24)23-15-12-20(4-2)13-16-23/h12-13,15-16,18-19,21-22H,3-11,14,17H2,1-2H3. The number of aromatic nitrogens is 2. The average molecular weight is 365 g/mol. The summed E-state index contributed by atoms with van der Waals surface area (Å²) in [5.74, 6) is 1.90. The minimum atomic E-state index is 0.899. The van der Waals surface area contributed by atoms with E-state index in [1.165, 1.54) is 63.4 Å². The third-order valence-electron chi connectivity index (χ3n) is 6.37. The first kappa shape index (κ1) is 20.0. The Morgan fingerprint density at radius 3 is 2.07 bits per heavy atom. The third-order valence-corrected chi connectivity index (χ3v) is 6.37. The number of hydrogen-bond donors (Lipinski definition) is 0. The Morgan fingerprint density at radius 2 is 1.48 bits per heavy atom. The van der Waals surface area contributed by atoms with E-state index in [4.69, 9.17) is 0 Å². The number of aryl methyl sites for hydroxylation is 2. The number of unbranched alkanes of at least 4 members (excludes halogenated alkanes) is 2. The summed E-state index contributed by atoms with van der Waals surface area (Å²) < 4.78 is 0. The van der Waals surface area contributed by atoms with Crippen LogP contribution < -0.4 is 0 Å². The fraction of sp³-hybridized carbons (Fsp3) is 0.600. The van der Waals surface area contributed by atoms with Crippen molar-refractivity contribution in [2.75, 3.05) is 0 Å². The van der Waals surface area contributed by atoms with E-state index in [1.54, 1.807) is 0 Å². The lowest BCUT2D eigenvalue weighted by molar-refractivity contribution is 0.248. The quantitative estimate of drug-likeness (QED) is 0.446. The van der Waals surface area contributed by atoms with Gasteiger partial charge in [-0.2, -0.15) is 10.2 Å². The van der Waals surface area contributed by atoms with Gasteiger partial charge in [0.05, 0.1) is 11.4 Å². The number of benzene rings is 1. The second-order valence-electron chi connectivity index (χ2n) is 8.38. The Labute approximate surface area is 165 Å². The minimum Gasteiger partial charge on any atom is -0.155 e. The molecule has 27 heavy (non-hydrogen) atoms. The first-order valence-corrected chi connectivity index (χ1v) is 11.2. The molecule has 0 amide bonds. The average Bonchev–Trinajstić information content (AvgIpc) is 2.74. The van der Waals surface area contributed by atoms with Crippen molar-refractivity contribution in [2.24, 2.45) is 11.8 Å². The number of hydrogen-bond acceptors (Lipinski definition) is 2. The van der Waals surface area contributed by atoms with E-state index in [1.807, 2.05) is 0 Å². The minimum absolute atomic E-state index is 0.899. The van der Waals surface area contributed by atoms with E-state index in [0.717, 1.165) is 41.6 Å². The van der Waals surface area contributed by atoms with Gasteiger partial charge in [0.15, 0.2) is 0 Å². The molecular weight excluding hydrogens is 328 g/mol. The zero-order valence-electron chi connectivity index (χ0n) is 17.3. The summed E-state index contributed by atoms with van der Waals surface area (Å²) in [5, 5.41) is 8.97.